The third-order valence-electron chi connectivity index (χ3n) is 16.3. The minimum absolute atomic E-state index is 0.0774. The smallest absolute Gasteiger partial charge is 0.0540 e. The van der Waals surface area contributed by atoms with E-state index in [1.165, 1.54) is 116 Å². The van der Waals surface area contributed by atoms with Crippen LogP contribution in [0.5, 0.6) is 0 Å². The zero-order chi connectivity index (χ0) is 41.2. The fourth-order valence-corrected chi connectivity index (χ4v) is 13.8. The van der Waals surface area contributed by atoms with Crippen LogP contribution in [0.15, 0.2) is 188 Å². The average Bonchev–Trinajstić information content (AvgIpc) is 3.73. The van der Waals surface area contributed by atoms with E-state index in [0.717, 1.165) is 11.8 Å². The summed E-state index contributed by atoms with van der Waals surface area (Å²) in [4.78, 5) is 2.57. The molecule has 0 aliphatic heterocycles. The van der Waals surface area contributed by atoms with Crippen LogP contribution in [0, 0.1) is 23.7 Å². The van der Waals surface area contributed by atoms with E-state index < -0.39 is 0 Å². The monoisotopic (exact) mass is 797 g/mol. The standard InChI is InChI=1S/C61H51N/c1-60(2)55-19-11-9-18-51(55)52-29-26-49(38-57(52)60)62(59-20-12-10-17-50(59)44-23-21-43(22-24-44)41-13-5-3-6-14-41)48-27-30-56-54(37-48)53-28-25-45(42-15-7-4-8-16-42)36-58(53)61(56)46-32-39-31-40(34-46)35-47(61)33-39/h3-30,36-40,46-47H,31-35H2,1-2H3. The third kappa shape index (κ3) is 5.21. The third-order valence-corrected chi connectivity index (χ3v) is 16.3. The molecule has 6 aliphatic rings. The Bertz CT molecular complexity index is 3020. The van der Waals surface area contributed by atoms with Crippen molar-refractivity contribution in [2.75, 3.05) is 4.90 Å². The van der Waals surface area contributed by atoms with Crippen molar-refractivity contribution in [3.05, 3.63) is 210 Å². The van der Waals surface area contributed by atoms with Gasteiger partial charge in [-0.15, -0.1) is 0 Å². The Kier molecular flexibility index (Phi) is 7.91. The highest BCUT2D eigenvalue weighted by molar-refractivity contribution is 5.94. The molecular weight excluding hydrogens is 747 g/mol. The van der Waals surface area contributed by atoms with Crippen LogP contribution in [0.1, 0.15) is 68.2 Å². The number of anilines is 3. The Balaban J connectivity index is 1.01. The van der Waals surface area contributed by atoms with Gasteiger partial charge in [0.2, 0.25) is 0 Å². The summed E-state index contributed by atoms with van der Waals surface area (Å²) in [7, 11) is 0. The molecule has 0 saturated heterocycles. The Morgan fingerprint density at radius 2 is 0.871 bits per heavy atom. The summed E-state index contributed by atoms with van der Waals surface area (Å²) in [6.45, 7) is 4.79. The maximum Gasteiger partial charge on any atom is 0.0540 e. The van der Waals surface area contributed by atoms with Gasteiger partial charge < -0.3 is 4.90 Å². The molecule has 62 heavy (non-hydrogen) atoms. The first-order valence-corrected chi connectivity index (χ1v) is 23.1. The molecule has 0 radical (unpaired) electrons. The molecule has 0 heterocycles. The largest absolute Gasteiger partial charge is 0.310 e. The van der Waals surface area contributed by atoms with E-state index in [4.69, 9.17) is 0 Å². The number of benzene rings is 8. The molecule has 4 fully saturated rings. The van der Waals surface area contributed by atoms with Crippen LogP contribution in [-0.4, -0.2) is 0 Å². The second kappa shape index (κ2) is 13.5. The van der Waals surface area contributed by atoms with Crippen LogP contribution in [0.4, 0.5) is 17.1 Å². The second-order valence-electron chi connectivity index (χ2n) is 19.7. The Labute approximate surface area is 366 Å². The molecular formula is C61H51N. The number of hydrogen-bond donors (Lipinski definition) is 0. The lowest BCUT2D eigenvalue weighted by molar-refractivity contribution is -0.0399. The highest BCUT2D eigenvalue weighted by atomic mass is 15.1. The van der Waals surface area contributed by atoms with Crippen LogP contribution in [0.25, 0.3) is 55.6 Å². The summed E-state index contributed by atoms with van der Waals surface area (Å²) in [5.41, 5.74) is 22.7. The molecule has 4 bridgehead atoms. The summed E-state index contributed by atoms with van der Waals surface area (Å²) in [5.74, 6) is 3.20. The van der Waals surface area contributed by atoms with Crippen molar-refractivity contribution in [1.29, 1.82) is 0 Å². The molecule has 1 nitrogen and oxygen atoms in total. The Hall–Kier alpha value is -6.44. The molecule has 14 rings (SSSR count). The molecule has 1 spiro atoms. The predicted octanol–water partition coefficient (Wildman–Crippen LogP) is 16.2. The fourth-order valence-electron chi connectivity index (χ4n) is 13.8. The van der Waals surface area contributed by atoms with E-state index in [0.29, 0.717) is 11.8 Å². The van der Waals surface area contributed by atoms with Gasteiger partial charge in [0, 0.05) is 27.8 Å². The van der Waals surface area contributed by atoms with Crippen LogP contribution in [0.2, 0.25) is 0 Å². The zero-order valence-corrected chi connectivity index (χ0v) is 35.7. The van der Waals surface area contributed by atoms with E-state index in [2.05, 4.69) is 207 Å². The normalized spacial score (nSPS) is 22.9. The lowest BCUT2D eigenvalue weighted by Gasteiger charge is -2.61. The highest BCUT2D eigenvalue weighted by Crippen LogP contribution is 2.70. The van der Waals surface area contributed by atoms with Gasteiger partial charge in [-0.2, -0.15) is 0 Å². The summed E-state index contributed by atoms with van der Waals surface area (Å²) in [6.07, 6.45) is 6.95. The van der Waals surface area contributed by atoms with Crippen molar-refractivity contribution in [3.63, 3.8) is 0 Å². The van der Waals surface area contributed by atoms with E-state index in [-0.39, 0.29) is 10.8 Å². The topological polar surface area (TPSA) is 3.24 Å². The fraction of sp³-hybridized carbons (Fsp3) is 0.213. The first-order valence-electron chi connectivity index (χ1n) is 23.1. The quantitative estimate of drug-likeness (QED) is 0.162. The van der Waals surface area contributed by atoms with Gasteiger partial charge in [-0.3, -0.25) is 0 Å². The maximum atomic E-state index is 2.62. The van der Waals surface area contributed by atoms with Gasteiger partial charge in [-0.05, 0) is 164 Å². The van der Waals surface area contributed by atoms with Crippen molar-refractivity contribution >= 4 is 17.1 Å². The molecule has 8 aromatic carbocycles. The molecule has 300 valence electrons. The summed E-state index contributed by atoms with van der Waals surface area (Å²) >= 11 is 0. The van der Waals surface area contributed by atoms with Gasteiger partial charge in [-0.25, -0.2) is 0 Å². The highest BCUT2D eigenvalue weighted by Gasteiger charge is 2.61. The minimum Gasteiger partial charge on any atom is -0.310 e. The maximum absolute atomic E-state index is 2.62. The van der Waals surface area contributed by atoms with Crippen LogP contribution in [0.3, 0.4) is 0 Å². The van der Waals surface area contributed by atoms with Gasteiger partial charge in [0.05, 0.1) is 5.69 Å². The van der Waals surface area contributed by atoms with E-state index in [1.54, 1.807) is 11.1 Å². The molecule has 0 aromatic heterocycles. The van der Waals surface area contributed by atoms with Crippen molar-refractivity contribution < 1.29 is 0 Å². The van der Waals surface area contributed by atoms with Crippen molar-refractivity contribution in [2.45, 2.75) is 56.8 Å². The number of nitrogens with zero attached hydrogens (tertiary/aromatic N) is 1. The van der Waals surface area contributed by atoms with Crippen molar-refractivity contribution in [1.82, 2.24) is 0 Å². The molecule has 4 saturated carbocycles. The SMILES string of the molecule is CC1(C)c2ccccc2-c2ccc(N(c3ccc4c(c3)-c3ccc(-c5ccccc5)cc3C43C4CC5CC(C4)CC3C5)c3ccccc3-c3ccc(-c4ccccc4)cc3)cc21. The molecule has 6 aliphatic carbocycles. The molecule has 1 heteroatoms. The summed E-state index contributed by atoms with van der Waals surface area (Å²) < 4.78 is 0. The zero-order valence-electron chi connectivity index (χ0n) is 35.7. The van der Waals surface area contributed by atoms with Crippen molar-refractivity contribution in [3.8, 4) is 55.6 Å². The van der Waals surface area contributed by atoms with Crippen molar-refractivity contribution in [2.24, 2.45) is 23.7 Å². The first-order chi connectivity index (χ1) is 30.4. The number of fused-ring (bicyclic) bond motifs is 6. The van der Waals surface area contributed by atoms with Gasteiger partial charge in [-0.1, -0.05) is 166 Å². The average molecular weight is 798 g/mol. The molecule has 0 N–H and O–H groups in total. The van der Waals surface area contributed by atoms with E-state index in [9.17, 15) is 0 Å². The molecule has 8 aromatic rings. The summed E-state index contributed by atoms with van der Waals surface area (Å²) in [6, 6.07) is 71.4. The van der Waals surface area contributed by atoms with Crippen LogP contribution in [-0.2, 0) is 10.8 Å². The van der Waals surface area contributed by atoms with Crippen LogP contribution < -0.4 is 4.90 Å². The summed E-state index contributed by atoms with van der Waals surface area (Å²) in [5, 5.41) is 0. The van der Waals surface area contributed by atoms with Crippen LogP contribution >= 0.6 is 0 Å². The van der Waals surface area contributed by atoms with E-state index >= 15 is 0 Å². The first kappa shape index (κ1) is 36.2. The molecule has 0 atom stereocenters. The molecule has 0 unspecified atom stereocenters. The van der Waals surface area contributed by atoms with E-state index in [1.807, 2.05) is 0 Å². The van der Waals surface area contributed by atoms with Gasteiger partial charge in [0.15, 0.2) is 0 Å². The second-order valence-corrected chi connectivity index (χ2v) is 19.7. The number of para-hydroxylation sites is 1. The van der Waals surface area contributed by atoms with Gasteiger partial charge in [0.25, 0.3) is 0 Å². The Morgan fingerprint density at radius 3 is 1.60 bits per heavy atom. The number of rotatable bonds is 6. The lowest BCUT2D eigenvalue weighted by atomic mass is 9.43. The predicted molar refractivity (Wildman–Crippen MR) is 258 cm³/mol. The Morgan fingerprint density at radius 1 is 0.355 bits per heavy atom. The minimum atomic E-state index is -0.112. The van der Waals surface area contributed by atoms with Gasteiger partial charge >= 0.3 is 0 Å². The van der Waals surface area contributed by atoms with Gasteiger partial charge in [0.1, 0.15) is 0 Å². The number of hydrogen-bond acceptors (Lipinski definition) is 1. The molecule has 0 amide bonds. The lowest BCUT2D eigenvalue weighted by Crippen LogP contribution is -2.55.